The van der Waals surface area contributed by atoms with Crippen LogP contribution in [0.1, 0.15) is 6.92 Å². The van der Waals surface area contributed by atoms with Crippen molar-refractivity contribution in [3.63, 3.8) is 0 Å². The van der Waals surface area contributed by atoms with Gasteiger partial charge in [0.15, 0.2) is 0 Å². The first-order valence-corrected chi connectivity index (χ1v) is 5.89. The normalized spacial score (nSPS) is 12.3. The van der Waals surface area contributed by atoms with Crippen molar-refractivity contribution >= 4 is 7.25 Å². The van der Waals surface area contributed by atoms with Gasteiger partial charge in [0.25, 0.3) is 0 Å². The summed E-state index contributed by atoms with van der Waals surface area (Å²) in [6, 6.07) is 0. The zero-order chi connectivity index (χ0) is 14.8. The van der Waals surface area contributed by atoms with E-state index in [-0.39, 0.29) is 0 Å². The Kier molecular flexibility index (Phi) is 10.6. The highest BCUT2D eigenvalue weighted by Crippen LogP contribution is 2.06. The molecule has 0 fully saturated rings. The molecule has 0 rings (SSSR count). The van der Waals surface area contributed by atoms with Crippen LogP contribution in [0.3, 0.4) is 0 Å². The molecule has 0 aromatic carbocycles. The number of likely N-dealkylation sites (N-methyl/N-ethyl adjacent to an activating group) is 2. The molecule has 0 saturated heterocycles. The molecular weight excluding hydrogens is 251 g/mol. The lowest BCUT2D eigenvalue weighted by atomic mass is 10.3. The summed E-state index contributed by atoms with van der Waals surface area (Å²) in [5.41, 5.74) is 0. The SMILES string of the molecule is CCOCC[N+](C)(C)CCN(C)C.F[B-](F)(F)F. The highest BCUT2D eigenvalue weighted by Gasteiger charge is 2.20. The van der Waals surface area contributed by atoms with Gasteiger partial charge in [-0.3, -0.25) is 0 Å². The molecule has 0 unspecified atom stereocenters. The summed E-state index contributed by atoms with van der Waals surface area (Å²) in [5, 5.41) is 0. The molecule has 0 radical (unpaired) electrons. The lowest BCUT2D eigenvalue weighted by molar-refractivity contribution is -0.890. The van der Waals surface area contributed by atoms with Crippen LogP contribution in [0.15, 0.2) is 0 Å². The summed E-state index contributed by atoms with van der Waals surface area (Å²) in [6.07, 6.45) is 0. The Morgan fingerprint density at radius 2 is 1.50 bits per heavy atom. The van der Waals surface area contributed by atoms with E-state index in [9.17, 15) is 17.3 Å². The summed E-state index contributed by atoms with van der Waals surface area (Å²) in [4.78, 5) is 2.22. The Hall–Kier alpha value is -0.335. The number of hydrogen-bond acceptors (Lipinski definition) is 2. The second kappa shape index (κ2) is 9.58. The monoisotopic (exact) mass is 276 g/mol. The van der Waals surface area contributed by atoms with E-state index in [1.807, 2.05) is 6.92 Å². The minimum Gasteiger partial charge on any atom is -0.418 e. The molecule has 0 aromatic heterocycles. The standard InChI is InChI=1S/C10H25N2O.BF4/c1-6-13-10-9-12(4,5)8-7-11(2)3;2-1(3,4)5/h6-10H2,1-5H3;/q+1;-1. The van der Waals surface area contributed by atoms with Gasteiger partial charge in [-0.2, -0.15) is 0 Å². The Labute approximate surface area is 107 Å². The average Bonchev–Trinajstić information content (AvgIpc) is 2.12. The van der Waals surface area contributed by atoms with Crippen molar-refractivity contribution in [2.24, 2.45) is 0 Å². The van der Waals surface area contributed by atoms with Gasteiger partial charge in [-0.25, -0.2) is 0 Å². The van der Waals surface area contributed by atoms with Crippen LogP contribution in [0.5, 0.6) is 0 Å². The maximum Gasteiger partial charge on any atom is 0.673 e. The van der Waals surface area contributed by atoms with Crippen LogP contribution in [0.25, 0.3) is 0 Å². The third kappa shape index (κ3) is 24.8. The van der Waals surface area contributed by atoms with Gasteiger partial charge in [-0.1, -0.05) is 0 Å². The molecule has 0 aromatic rings. The fourth-order valence-corrected chi connectivity index (χ4v) is 1.04. The third-order valence-corrected chi connectivity index (χ3v) is 2.20. The lowest BCUT2D eigenvalue weighted by Crippen LogP contribution is -2.46. The smallest absolute Gasteiger partial charge is 0.418 e. The molecule has 0 aliphatic heterocycles. The molecule has 8 heteroatoms. The van der Waals surface area contributed by atoms with Crippen LogP contribution < -0.4 is 0 Å². The fourth-order valence-electron chi connectivity index (χ4n) is 1.04. The maximum atomic E-state index is 9.75. The first-order valence-electron chi connectivity index (χ1n) is 5.89. The second-order valence-corrected chi connectivity index (χ2v) is 4.88. The molecule has 0 saturated carbocycles. The summed E-state index contributed by atoms with van der Waals surface area (Å²) in [6.45, 7) is 7.16. The van der Waals surface area contributed by atoms with Crippen molar-refractivity contribution in [1.82, 2.24) is 4.90 Å². The molecule has 0 N–H and O–H groups in total. The highest BCUT2D eigenvalue weighted by molar-refractivity contribution is 6.50. The molecule has 0 atom stereocenters. The molecule has 3 nitrogen and oxygen atoms in total. The number of halogens is 4. The fraction of sp³-hybridized carbons (Fsp3) is 1.00. The number of ether oxygens (including phenoxy) is 1. The van der Waals surface area contributed by atoms with Crippen molar-refractivity contribution in [3.05, 3.63) is 0 Å². The second-order valence-electron chi connectivity index (χ2n) is 4.88. The number of quaternary nitrogens is 1. The first-order chi connectivity index (χ1) is 7.98. The Bertz CT molecular complexity index is 195. The van der Waals surface area contributed by atoms with Gasteiger partial charge in [0, 0.05) is 13.2 Å². The van der Waals surface area contributed by atoms with E-state index in [0.29, 0.717) is 0 Å². The molecular formula is C10H25BF4N2O. The molecule has 0 heterocycles. The molecule has 18 heavy (non-hydrogen) atoms. The minimum atomic E-state index is -6.00. The van der Waals surface area contributed by atoms with Crippen molar-refractivity contribution in [1.29, 1.82) is 0 Å². The minimum absolute atomic E-state index is 0.827. The van der Waals surface area contributed by atoms with Gasteiger partial charge in [-0.05, 0) is 21.0 Å². The van der Waals surface area contributed by atoms with E-state index in [1.54, 1.807) is 0 Å². The van der Waals surface area contributed by atoms with Crippen LogP contribution in [0.2, 0.25) is 0 Å². The van der Waals surface area contributed by atoms with E-state index < -0.39 is 7.25 Å². The van der Waals surface area contributed by atoms with E-state index in [1.165, 1.54) is 6.54 Å². The van der Waals surface area contributed by atoms with Gasteiger partial charge in [0.2, 0.25) is 0 Å². The predicted octanol–water partition coefficient (Wildman–Crippen LogP) is 1.96. The van der Waals surface area contributed by atoms with Crippen molar-refractivity contribution < 1.29 is 26.5 Å². The Balaban J connectivity index is 0. The van der Waals surface area contributed by atoms with E-state index in [2.05, 4.69) is 33.1 Å². The highest BCUT2D eigenvalue weighted by atomic mass is 19.5. The molecule has 0 spiro atoms. The van der Waals surface area contributed by atoms with Crippen LogP contribution >= 0.6 is 0 Å². The third-order valence-electron chi connectivity index (χ3n) is 2.20. The van der Waals surface area contributed by atoms with Gasteiger partial charge >= 0.3 is 7.25 Å². The molecule has 0 aliphatic carbocycles. The maximum absolute atomic E-state index is 9.75. The van der Waals surface area contributed by atoms with Crippen LogP contribution in [0, 0.1) is 0 Å². The molecule has 0 aliphatic rings. The number of rotatable bonds is 7. The predicted molar refractivity (Wildman–Crippen MR) is 67.1 cm³/mol. The van der Waals surface area contributed by atoms with Gasteiger partial charge in [-0.15, -0.1) is 0 Å². The van der Waals surface area contributed by atoms with Crippen molar-refractivity contribution in [2.45, 2.75) is 6.92 Å². The summed E-state index contributed by atoms with van der Waals surface area (Å²) < 4.78 is 45.4. The molecule has 0 amide bonds. The number of hydrogen-bond donors (Lipinski definition) is 0. The Morgan fingerprint density at radius 1 is 1.06 bits per heavy atom. The lowest BCUT2D eigenvalue weighted by Gasteiger charge is -2.30. The molecule has 112 valence electrons. The quantitative estimate of drug-likeness (QED) is 0.305. The van der Waals surface area contributed by atoms with Crippen LogP contribution in [-0.4, -0.2) is 77.7 Å². The van der Waals surface area contributed by atoms with Crippen molar-refractivity contribution in [3.8, 4) is 0 Å². The van der Waals surface area contributed by atoms with Gasteiger partial charge in [0.05, 0.1) is 27.2 Å². The summed E-state index contributed by atoms with van der Waals surface area (Å²) in [5.74, 6) is 0. The van der Waals surface area contributed by atoms with Crippen molar-refractivity contribution in [2.75, 3.05) is 61.0 Å². The topological polar surface area (TPSA) is 12.5 Å². The van der Waals surface area contributed by atoms with E-state index in [4.69, 9.17) is 4.74 Å². The zero-order valence-corrected chi connectivity index (χ0v) is 11.9. The molecule has 0 bridgehead atoms. The van der Waals surface area contributed by atoms with Gasteiger partial charge < -0.3 is 31.4 Å². The van der Waals surface area contributed by atoms with Crippen LogP contribution in [-0.2, 0) is 4.74 Å². The van der Waals surface area contributed by atoms with E-state index >= 15 is 0 Å². The average molecular weight is 276 g/mol. The number of nitrogens with zero attached hydrogens (tertiary/aromatic N) is 2. The first kappa shape index (κ1) is 20.0. The summed E-state index contributed by atoms with van der Waals surface area (Å²) >= 11 is 0. The Morgan fingerprint density at radius 3 is 1.83 bits per heavy atom. The largest absolute Gasteiger partial charge is 0.673 e. The van der Waals surface area contributed by atoms with E-state index in [0.717, 1.165) is 30.8 Å². The van der Waals surface area contributed by atoms with Gasteiger partial charge in [0.1, 0.15) is 6.54 Å². The zero-order valence-electron chi connectivity index (χ0n) is 11.9. The van der Waals surface area contributed by atoms with Crippen LogP contribution in [0.4, 0.5) is 17.3 Å². The summed E-state index contributed by atoms with van der Waals surface area (Å²) in [7, 11) is 2.73.